The van der Waals surface area contributed by atoms with Crippen LogP contribution in [-0.4, -0.2) is 44.5 Å². The second kappa shape index (κ2) is 4.92. The third-order valence-electron chi connectivity index (χ3n) is 3.53. The van der Waals surface area contributed by atoms with Crippen LogP contribution in [0.1, 0.15) is 28.6 Å². The minimum absolute atomic E-state index is 0.00950. The van der Waals surface area contributed by atoms with Crippen LogP contribution in [-0.2, 0) is 4.79 Å². The second-order valence-electron chi connectivity index (χ2n) is 4.93. The highest BCUT2D eigenvalue weighted by molar-refractivity contribution is 5.92. The fourth-order valence-corrected chi connectivity index (χ4v) is 2.25. The minimum Gasteiger partial charge on any atom is -0.469 e. The Labute approximate surface area is 115 Å². The van der Waals surface area contributed by atoms with E-state index >= 15 is 0 Å². The lowest BCUT2D eigenvalue weighted by atomic mass is 9.99. The first kappa shape index (κ1) is 12.6. The molecule has 0 aromatic carbocycles. The highest BCUT2D eigenvalue weighted by atomic mass is 16.3. The average molecular weight is 273 g/mol. The van der Waals surface area contributed by atoms with E-state index in [9.17, 15) is 4.79 Å². The summed E-state index contributed by atoms with van der Waals surface area (Å²) in [5, 5.41) is 13.8. The summed E-state index contributed by atoms with van der Waals surface area (Å²) in [6.45, 7) is 5.10. The van der Waals surface area contributed by atoms with Crippen molar-refractivity contribution in [1.29, 1.82) is 0 Å². The van der Waals surface area contributed by atoms with Crippen LogP contribution in [0, 0.1) is 13.8 Å². The van der Waals surface area contributed by atoms with Crippen molar-refractivity contribution < 1.29 is 9.21 Å². The smallest absolute Gasteiger partial charge is 0.246 e. The Bertz CT molecular complexity index is 618. The van der Waals surface area contributed by atoms with Gasteiger partial charge in [-0.15, -0.1) is 10.2 Å². The Kier molecular flexibility index (Phi) is 3.09. The minimum atomic E-state index is -0.00950. The van der Waals surface area contributed by atoms with E-state index in [1.807, 2.05) is 13.8 Å². The summed E-state index contributed by atoms with van der Waals surface area (Å²) in [6.07, 6.45) is 5.07. The first-order valence-corrected chi connectivity index (χ1v) is 6.40. The quantitative estimate of drug-likeness (QED) is 0.844. The van der Waals surface area contributed by atoms with E-state index in [0.717, 1.165) is 16.9 Å². The van der Waals surface area contributed by atoms with Crippen molar-refractivity contribution in [3.05, 3.63) is 35.1 Å². The maximum atomic E-state index is 12.0. The van der Waals surface area contributed by atoms with E-state index < -0.39 is 0 Å². The SMILES string of the molecule is Cc1coc(C)c1/C=C/C(=O)N1CC(c2nn[nH]n2)C1. The molecule has 0 atom stereocenters. The zero-order valence-electron chi connectivity index (χ0n) is 11.3. The topological polar surface area (TPSA) is 87.9 Å². The molecule has 0 saturated carbocycles. The molecule has 3 rings (SSSR count). The Morgan fingerprint density at radius 3 is 2.90 bits per heavy atom. The number of hydrogen-bond donors (Lipinski definition) is 1. The van der Waals surface area contributed by atoms with Crippen molar-refractivity contribution in [2.75, 3.05) is 13.1 Å². The lowest BCUT2D eigenvalue weighted by Gasteiger charge is -2.36. The van der Waals surface area contributed by atoms with Crippen molar-refractivity contribution in [3.8, 4) is 0 Å². The summed E-state index contributed by atoms with van der Waals surface area (Å²) in [5.74, 6) is 1.66. The fourth-order valence-electron chi connectivity index (χ4n) is 2.25. The van der Waals surface area contributed by atoms with Gasteiger partial charge in [-0.3, -0.25) is 4.79 Å². The number of aromatic nitrogens is 4. The first-order chi connectivity index (χ1) is 9.65. The number of nitrogens with one attached hydrogen (secondary N) is 1. The lowest BCUT2D eigenvalue weighted by molar-refractivity contribution is -0.130. The van der Waals surface area contributed by atoms with Gasteiger partial charge in [-0.05, 0) is 25.5 Å². The van der Waals surface area contributed by atoms with Crippen molar-refractivity contribution >= 4 is 12.0 Å². The molecule has 1 aliphatic rings. The van der Waals surface area contributed by atoms with Crippen molar-refractivity contribution in [2.45, 2.75) is 19.8 Å². The molecule has 1 fully saturated rings. The molecule has 3 heterocycles. The zero-order valence-corrected chi connectivity index (χ0v) is 11.3. The number of rotatable bonds is 3. The van der Waals surface area contributed by atoms with Crippen LogP contribution in [0.5, 0.6) is 0 Å². The molecule has 1 N–H and O–H groups in total. The molecule has 0 bridgehead atoms. The number of H-pyrrole nitrogens is 1. The molecular formula is C13H15N5O2. The van der Waals surface area contributed by atoms with Gasteiger partial charge in [0.2, 0.25) is 5.91 Å². The summed E-state index contributed by atoms with van der Waals surface area (Å²) in [5.41, 5.74) is 1.99. The number of aryl methyl sites for hydroxylation is 2. The molecular weight excluding hydrogens is 258 g/mol. The Balaban J connectivity index is 1.59. The number of nitrogens with zero attached hydrogens (tertiary/aromatic N) is 4. The van der Waals surface area contributed by atoms with Crippen LogP contribution < -0.4 is 0 Å². The summed E-state index contributed by atoms with van der Waals surface area (Å²) >= 11 is 0. The van der Waals surface area contributed by atoms with Gasteiger partial charge in [0.15, 0.2) is 5.82 Å². The Morgan fingerprint density at radius 2 is 2.30 bits per heavy atom. The molecule has 20 heavy (non-hydrogen) atoms. The van der Waals surface area contributed by atoms with Crippen LogP contribution in [0.25, 0.3) is 6.08 Å². The van der Waals surface area contributed by atoms with Gasteiger partial charge in [0.25, 0.3) is 0 Å². The van der Waals surface area contributed by atoms with E-state index in [4.69, 9.17) is 4.42 Å². The molecule has 1 saturated heterocycles. The summed E-state index contributed by atoms with van der Waals surface area (Å²) in [4.78, 5) is 13.8. The van der Waals surface area contributed by atoms with Gasteiger partial charge in [-0.2, -0.15) is 5.21 Å². The number of aromatic amines is 1. The van der Waals surface area contributed by atoms with E-state index in [1.54, 1.807) is 23.3 Å². The number of furan rings is 1. The van der Waals surface area contributed by atoms with E-state index in [1.165, 1.54) is 0 Å². The highest BCUT2D eigenvalue weighted by Gasteiger charge is 2.33. The predicted octanol–water partition coefficient (Wildman–Crippen LogP) is 1.05. The molecule has 0 aliphatic carbocycles. The van der Waals surface area contributed by atoms with Gasteiger partial charge < -0.3 is 9.32 Å². The third kappa shape index (κ3) is 2.22. The van der Waals surface area contributed by atoms with Crippen LogP contribution >= 0.6 is 0 Å². The number of amides is 1. The number of tetrazole rings is 1. The van der Waals surface area contributed by atoms with Crippen LogP contribution in [0.2, 0.25) is 0 Å². The molecule has 104 valence electrons. The van der Waals surface area contributed by atoms with Gasteiger partial charge in [0.05, 0.1) is 12.2 Å². The van der Waals surface area contributed by atoms with E-state index in [0.29, 0.717) is 18.9 Å². The summed E-state index contributed by atoms with van der Waals surface area (Å²) in [7, 11) is 0. The average Bonchev–Trinajstić information content (AvgIpc) is 2.97. The molecule has 2 aromatic rings. The molecule has 1 amide bonds. The van der Waals surface area contributed by atoms with Crippen molar-refractivity contribution in [3.63, 3.8) is 0 Å². The number of carbonyl (C=O) groups is 1. The monoisotopic (exact) mass is 273 g/mol. The van der Waals surface area contributed by atoms with Crippen LogP contribution in [0.3, 0.4) is 0 Å². The highest BCUT2D eigenvalue weighted by Crippen LogP contribution is 2.24. The van der Waals surface area contributed by atoms with Crippen molar-refractivity contribution in [1.82, 2.24) is 25.5 Å². The third-order valence-corrected chi connectivity index (χ3v) is 3.53. The molecule has 0 unspecified atom stereocenters. The first-order valence-electron chi connectivity index (χ1n) is 6.40. The second-order valence-corrected chi connectivity index (χ2v) is 4.93. The molecule has 7 heteroatoms. The van der Waals surface area contributed by atoms with Crippen LogP contribution in [0.15, 0.2) is 16.8 Å². The lowest BCUT2D eigenvalue weighted by Crippen LogP contribution is -2.48. The Hall–Kier alpha value is -2.44. The largest absolute Gasteiger partial charge is 0.469 e. The van der Waals surface area contributed by atoms with Gasteiger partial charge >= 0.3 is 0 Å². The summed E-state index contributed by atoms with van der Waals surface area (Å²) in [6, 6.07) is 0. The maximum absolute atomic E-state index is 12.0. The number of carbonyl (C=O) groups excluding carboxylic acids is 1. The van der Waals surface area contributed by atoms with Gasteiger partial charge in [0, 0.05) is 24.7 Å². The number of likely N-dealkylation sites (tertiary alicyclic amines) is 1. The Morgan fingerprint density at radius 1 is 1.50 bits per heavy atom. The fraction of sp³-hybridized carbons (Fsp3) is 0.385. The van der Waals surface area contributed by atoms with Gasteiger partial charge in [-0.25, -0.2) is 0 Å². The normalized spacial score (nSPS) is 15.8. The van der Waals surface area contributed by atoms with E-state index in [2.05, 4.69) is 20.6 Å². The van der Waals surface area contributed by atoms with Gasteiger partial charge in [0.1, 0.15) is 5.76 Å². The standard InChI is InChI=1S/C13H15N5O2/c1-8-7-20-9(2)11(8)3-4-12(19)18-5-10(6-18)13-14-16-17-15-13/h3-4,7,10H,5-6H2,1-2H3,(H,14,15,16,17)/b4-3+. The molecule has 7 nitrogen and oxygen atoms in total. The predicted molar refractivity (Wildman–Crippen MR) is 70.7 cm³/mol. The van der Waals surface area contributed by atoms with Crippen molar-refractivity contribution in [2.24, 2.45) is 0 Å². The maximum Gasteiger partial charge on any atom is 0.246 e. The molecule has 0 radical (unpaired) electrons. The molecule has 0 spiro atoms. The molecule has 1 aliphatic heterocycles. The van der Waals surface area contributed by atoms with E-state index in [-0.39, 0.29) is 11.8 Å². The van der Waals surface area contributed by atoms with Crippen LogP contribution in [0.4, 0.5) is 0 Å². The summed E-state index contributed by atoms with van der Waals surface area (Å²) < 4.78 is 5.29. The number of hydrogen-bond acceptors (Lipinski definition) is 5. The van der Waals surface area contributed by atoms with Gasteiger partial charge in [-0.1, -0.05) is 5.21 Å². The molecule has 2 aromatic heterocycles. The zero-order chi connectivity index (χ0) is 14.1.